The molecule has 16 heavy (non-hydrogen) atoms. The van der Waals surface area contributed by atoms with E-state index < -0.39 is 5.97 Å². The topological polar surface area (TPSA) is 66.7 Å². The Morgan fingerprint density at radius 2 is 2.06 bits per heavy atom. The van der Waals surface area contributed by atoms with Gasteiger partial charge in [0.15, 0.2) is 0 Å². The molecule has 4 nitrogen and oxygen atoms in total. The summed E-state index contributed by atoms with van der Waals surface area (Å²) < 4.78 is 0. The molecule has 0 saturated carbocycles. The minimum absolute atomic E-state index is 0.208. The fourth-order valence-corrected chi connectivity index (χ4v) is 1.55. The lowest BCUT2D eigenvalue weighted by atomic mass is 10.1. The Balaban J connectivity index is 2.73. The average Bonchev–Trinajstić information content (AvgIpc) is 2.29. The van der Waals surface area contributed by atoms with Crippen LogP contribution in [0.1, 0.15) is 10.4 Å². The maximum absolute atomic E-state index is 10.8. The number of fused-ring (bicyclic) bond motifs is 1. The third kappa shape index (κ3) is 1.69. The molecule has 0 aromatic heterocycles. The Morgan fingerprint density at radius 3 is 2.75 bits per heavy atom. The number of carbonyl (C=O) groups is 1. The van der Waals surface area contributed by atoms with Crippen molar-refractivity contribution in [2.24, 2.45) is 4.99 Å². The predicted octanol–water partition coefficient (Wildman–Crippen LogP) is 2.51. The Morgan fingerprint density at radius 1 is 1.25 bits per heavy atom. The fourth-order valence-electron chi connectivity index (χ4n) is 1.55. The van der Waals surface area contributed by atoms with Crippen LogP contribution in [0.15, 0.2) is 41.4 Å². The molecule has 0 spiro atoms. The lowest BCUT2D eigenvalue weighted by Crippen LogP contribution is -1.95. The molecule has 0 amide bonds. The molecule has 0 aliphatic carbocycles. The highest BCUT2D eigenvalue weighted by Gasteiger charge is 2.05. The van der Waals surface area contributed by atoms with Crippen LogP contribution in [-0.4, -0.2) is 17.2 Å². The van der Waals surface area contributed by atoms with Gasteiger partial charge in [-0.1, -0.05) is 18.2 Å². The normalized spacial score (nSPS) is 9.75. The molecule has 0 bridgehead atoms. The second-order valence-electron chi connectivity index (χ2n) is 3.22. The van der Waals surface area contributed by atoms with E-state index in [1.807, 2.05) is 0 Å². The first-order valence-electron chi connectivity index (χ1n) is 4.56. The summed E-state index contributed by atoms with van der Waals surface area (Å²) in [5.74, 6) is -0.980. The first kappa shape index (κ1) is 10.1. The number of benzene rings is 2. The molecule has 0 fully saturated rings. The lowest BCUT2D eigenvalue weighted by molar-refractivity contribution is 0.0697. The Kier molecular flexibility index (Phi) is 2.50. The quantitative estimate of drug-likeness (QED) is 0.615. The summed E-state index contributed by atoms with van der Waals surface area (Å²) >= 11 is 0. The molecule has 2 aromatic rings. The van der Waals surface area contributed by atoms with Crippen molar-refractivity contribution in [2.45, 2.75) is 0 Å². The zero-order valence-corrected chi connectivity index (χ0v) is 8.18. The first-order valence-corrected chi connectivity index (χ1v) is 4.56. The highest BCUT2D eigenvalue weighted by atomic mass is 16.4. The van der Waals surface area contributed by atoms with Crippen LogP contribution in [0.3, 0.4) is 0 Å². The van der Waals surface area contributed by atoms with Crippen molar-refractivity contribution in [1.82, 2.24) is 0 Å². The van der Waals surface area contributed by atoms with E-state index in [4.69, 9.17) is 5.11 Å². The highest BCUT2D eigenvalue weighted by Crippen LogP contribution is 2.26. The van der Waals surface area contributed by atoms with Crippen LogP contribution in [0.25, 0.3) is 10.8 Å². The van der Waals surface area contributed by atoms with Crippen LogP contribution in [0.2, 0.25) is 0 Å². The number of isocyanates is 1. The molecule has 0 radical (unpaired) electrons. The van der Waals surface area contributed by atoms with E-state index in [2.05, 4.69) is 4.99 Å². The number of nitrogens with zero attached hydrogens (tertiary/aromatic N) is 1. The van der Waals surface area contributed by atoms with Crippen LogP contribution in [0.5, 0.6) is 0 Å². The summed E-state index contributed by atoms with van der Waals surface area (Å²) in [7, 11) is 0. The van der Waals surface area contributed by atoms with Gasteiger partial charge < -0.3 is 5.11 Å². The predicted molar refractivity (Wildman–Crippen MR) is 58.7 cm³/mol. The largest absolute Gasteiger partial charge is 0.478 e. The molecule has 78 valence electrons. The molecule has 0 aliphatic heterocycles. The van der Waals surface area contributed by atoms with Gasteiger partial charge in [0.25, 0.3) is 0 Å². The summed E-state index contributed by atoms with van der Waals surface area (Å²) in [5.41, 5.74) is 0.698. The zero-order valence-electron chi connectivity index (χ0n) is 8.18. The van der Waals surface area contributed by atoms with Gasteiger partial charge in [-0.2, -0.15) is 4.99 Å². The van der Waals surface area contributed by atoms with E-state index in [1.165, 1.54) is 12.1 Å². The highest BCUT2D eigenvalue weighted by molar-refractivity contribution is 5.98. The van der Waals surface area contributed by atoms with Gasteiger partial charge in [-0.15, -0.1) is 0 Å². The number of carbonyl (C=O) groups excluding carboxylic acids is 1. The van der Waals surface area contributed by atoms with E-state index in [1.54, 1.807) is 30.3 Å². The second kappa shape index (κ2) is 3.96. The molecule has 0 aliphatic rings. The van der Waals surface area contributed by atoms with Gasteiger partial charge in [0.1, 0.15) is 0 Å². The minimum atomic E-state index is -0.980. The third-order valence-corrected chi connectivity index (χ3v) is 2.27. The maximum Gasteiger partial charge on any atom is 0.335 e. The SMILES string of the molecule is O=C=Nc1cccc2cc(C(=O)O)ccc12. The van der Waals surface area contributed by atoms with Gasteiger partial charge in [0.2, 0.25) is 6.08 Å². The number of hydrogen-bond donors (Lipinski definition) is 1. The van der Waals surface area contributed by atoms with Crippen LogP contribution in [0.4, 0.5) is 5.69 Å². The molecule has 0 heterocycles. The van der Waals surface area contributed by atoms with Gasteiger partial charge in [-0.25, -0.2) is 9.59 Å². The average molecular weight is 213 g/mol. The molecule has 4 heteroatoms. The summed E-state index contributed by atoms with van der Waals surface area (Å²) in [6, 6.07) is 9.81. The number of aromatic carboxylic acids is 1. The number of rotatable bonds is 2. The molecule has 0 unspecified atom stereocenters. The van der Waals surface area contributed by atoms with E-state index in [9.17, 15) is 9.59 Å². The van der Waals surface area contributed by atoms with Crippen molar-refractivity contribution >= 4 is 28.5 Å². The van der Waals surface area contributed by atoms with Gasteiger partial charge in [0, 0.05) is 5.39 Å². The smallest absolute Gasteiger partial charge is 0.335 e. The molecule has 2 aromatic carbocycles. The van der Waals surface area contributed by atoms with E-state index >= 15 is 0 Å². The Labute approximate surface area is 90.9 Å². The molecule has 2 rings (SSSR count). The van der Waals surface area contributed by atoms with Crippen molar-refractivity contribution in [2.75, 3.05) is 0 Å². The van der Waals surface area contributed by atoms with Crippen LogP contribution in [0, 0.1) is 0 Å². The van der Waals surface area contributed by atoms with Crippen molar-refractivity contribution in [1.29, 1.82) is 0 Å². The van der Waals surface area contributed by atoms with Gasteiger partial charge >= 0.3 is 5.97 Å². The van der Waals surface area contributed by atoms with Crippen molar-refractivity contribution in [3.05, 3.63) is 42.0 Å². The molecule has 0 atom stereocenters. The Bertz CT molecular complexity index is 613. The van der Waals surface area contributed by atoms with Gasteiger partial charge in [-0.05, 0) is 23.6 Å². The third-order valence-electron chi connectivity index (χ3n) is 2.27. The second-order valence-corrected chi connectivity index (χ2v) is 3.22. The van der Waals surface area contributed by atoms with E-state index in [0.29, 0.717) is 5.69 Å². The monoisotopic (exact) mass is 213 g/mol. The molecular formula is C12H7NO3. The number of hydrogen-bond acceptors (Lipinski definition) is 3. The van der Waals surface area contributed by atoms with Crippen LogP contribution in [-0.2, 0) is 4.79 Å². The van der Waals surface area contributed by atoms with Crippen molar-refractivity contribution in [3.63, 3.8) is 0 Å². The minimum Gasteiger partial charge on any atom is -0.478 e. The first-order chi connectivity index (χ1) is 7.72. The summed E-state index contributed by atoms with van der Waals surface area (Å²) in [6.07, 6.45) is 1.47. The zero-order chi connectivity index (χ0) is 11.5. The molecule has 1 N–H and O–H groups in total. The number of aliphatic imine (C=N–C) groups is 1. The number of carboxylic acid groups (broad SMARTS) is 1. The fraction of sp³-hybridized carbons (Fsp3) is 0. The molecule has 0 saturated heterocycles. The lowest BCUT2D eigenvalue weighted by Gasteiger charge is -2.01. The van der Waals surface area contributed by atoms with Crippen molar-refractivity contribution in [3.8, 4) is 0 Å². The van der Waals surface area contributed by atoms with Crippen LogP contribution < -0.4 is 0 Å². The summed E-state index contributed by atoms with van der Waals surface area (Å²) in [6.45, 7) is 0. The van der Waals surface area contributed by atoms with E-state index in [-0.39, 0.29) is 5.56 Å². The van der Waals surface area contributed by atoms with Crippen molar-refractivity contribution < 1.29 is 14.7 Å². The van der Waals surface area contributed by atoms with E-state index in [0.717, 1.165) is 10.8 Å². The molecular weight excluding hydrogens is 206 g/mol. The summed E-state index contributed by atoms with van der Waals surface area (Å²) in [5, 5.41) is 10.3. The van der Waals surface area contributed by atoms with Crippen LogP contribution >= 0.6 is 0 Å². The standard InChI is InChI=1S/C12H7NO3/c14-7-13-11-3-1-2-8-6-9(12(15)16)4-5-10(8)11/h1-6H,(H,15,16). The summed E-state index contributed by atoms with van der Waals surface area (Å²) in [4.78, 5) is 24.5. The Hall–Kier alpha value is -2.45. The number of carboxylic acids is 1. The van der Waals surface area contributed by atoms with Gasteiger partial charge in [0.05, 0.1) is 11.3 Å². The maximum atomic E-state index is 10.8. The van der Waals surface area contributed by atoms with Gasteiger partial charge in [-0.3, -0.25) is 0 Å².